The number of methoxy groups -OCH3 is 1. The molecule has 0 spiro atoms. The van der Waals surface area contributed by atoms with Crippen LogP contribution in [0.25, 0.3) is 0 Å². The fourth-order valence-corrected chi connectivity index (χ4v) is 2.93. The molecule has 0 aliphatic carbocycles. The zero-order chi connectivity index (χ0) is 16.2. The Morgan fingerprint density at radius 3 is 2.39 bits per heavy atom. The van der Waals surface area contributed by atoms with E-state index in [0.717, 1.165) is 17.0 Å². The summed E-state index contributed by atoms with van der Waals surface area (Å²) in [6.45, 7) is 3.69. The standard InChI is InChI=1S/C20H19NO2/c1-3-4-10-18-19(15-11-13-17(23-2)14-12-15)21(20(18)22)16-8-6-5-7-9-16/h3-14,18-19H,1H2,2H3/b10-4+/t18-,19-/m0/s1. The Labute approximate surface area is 136 Å². The molecule has 2 atom stereocenters. The van der Waals surface area contributed by atoms with E-state index in [-0.39, 0.29) is 17.9 Å². The van der Waals surface area contributed by atoms with Crippen molar-refractivity contribution in [1.82, 2.24) is 0 Å². The van der Waals surface area contributed by atoms with Crippen molar-refractivity contribution < 1.29 is 9.53 Å². The Balaban J connectivity index is 1.97. The molecule has 3 nitrogen and oxygen atoms in total. The van der Waals surface area contributed by atoms with E-state index in [2.05, 4.69) is 6.58 Å². The molecule has 1 aliphatic rings. The zero-order valence-electron chi connectivity index (χ0n) is 13.1. The molecule has 0 unspecified atom stereocenters. The van der Waals surface area contributed by atoms with Crippen molar-refractivity contribution in [2.45, 2.75) is 6.04 Å². The average Bonchev–Trinajstić information content (AvgIpc) is 2.61. The summed E-state index contributed by atoms with van der Waals surface area (Å²) in [5, 5.41) is 0. The minimum atomic E-state index is -0.165. The number of anilines is 1. The van der Waals surface area contributed by atoms with Crippen LogP contribution in [0.2, 0.25) is 0 Å². The summed E-state index contributed by atoms with van der Waals surface area (Å²) in [6, 6.07) is 17.6. The van der Waals surface area contributed by atoms with Gasteiger partial charge in [0.15, 0.2) is 0 Å². The van der Waals surface area contributed by atoms with Gasteiger partial charge in [-0.2, -0.15) is 0 Å². The van der Waals surface area contributed by atoms with Gasteiger partial charge in [0.2, 0.25) is 5.91 Å². The van der Waals surface area contributed by atoms with Crippen molar-refractivity contribution in [1.29, 1.82) is 0 Å². The van der Waals surface area contributed by atoms with Crippen molar-refractivity contribution in [3.8, 4) is 5.75 Å². The minimum absolute atomic E-state index is 0.00740. The van der Waals surface area contributed by atoms with Gasteiger partial charge in [-0.25, -0.2) is 0 Å². The Morgan fingerprint density at radius 1 is 1.09 bits per heavy atom. The number of rotatable bonds is 5. The van der Waals surface area contributed by atoms with E-state index in [1.807, 2.05) is 71.6 Å². The van der Waals surface area contributed by atoms with E-state index < -0.39 is 0 Å². The van der Waals surface area contributed by atoms with Gasteiger partial charge in [0.1, 0.15) is 5.75 Å². The second kappa shape index (κ2) is 6.53. The fraction of sp³-hybridized carbons (Fsp3) is 0.150. The van der Waals surface area contributed by atoms with Crippen LogP contribution in [0, 0.1) is 5.92 Å². The maximum atomic E-state index is 12.6. The molecule has 1 fully saturated rings. The molecular weight excluding hydrogens is 286 g/mol. The average molecular weight is 305 g/mol. The van der Waals surface area contributed by atoms with Crippen LogP contribution in [0.5, 0.6) is 5.75 Å². The molecule has 0 aromatic heterocycles. The van der Waals surface area contributed by atoms with Gasteiger partial charge in [0, 0.05) is 5.69 Å². The van der Waals surface area contributed by atoms with Crippen LogP contribution in [0.3, 0.4) is 0 Å². The van der Waals surface area contributed by atoms with Gasteiger partial charge in [0.05, 0.1) is 19.1 Å². The van der Waals surface area contributed by atoms with Crippen LogP contribution in [-0.2, 0) is 4.79 Å². The van der Waals surface area contributed by atoms with E-state index >= 15 is 0 Å². The molecule has 0 saturated carbocycles. The highest BCUT2D eigenvalue weighted by molar-refractivity contribution is 6.04. The number of amides is 1. The topological polar surface area (TPSA) is 29.5 Å². The number of benzene rings is 2. The number of ether oxygens (including phenoxy) is 1. The van der Waals surface area contributed by atoms with E-state index in [1.54, 1.807) is 13.2 Å². The molecule has 2 aromatic carbocycles. The third kappa shape index (κ3) is 2.78. The first-order valence-corrected chi connectivity index (χ1v) is 7.57. The van der Waals surface area contributed by atoms with E-state index in [4.69, 9.17) is 4.74 Å². The maximum Gasteiger partial charge on any atom is 0.236 e. The van der Waals surface area contributed by atoms with Gasteiger partial charge in [-0.3, -0.25) is 4.79 Å². The zero-order valence-corrected chi connectivity index (χ0v) is 13.1. The van der Waals surface area contributed by atoms with Crippen molar-refractivity contribution in [3.05, 3.63) is 85.0 Å². The second-order valence-electron chi connectivity index (χ2n) is 5.41. The molecule has 2 aromatic rings. The Hall–Kier alpha value is -2.81. The number of carbonyl (C=O) groups is 1. The lowest BCUT2D eigenvalue weighted by Crippen LogP contribution is -2.54. The molecule has 116 valence electrons. The third-order valence-electron chi connectivity index (χ3n) is 4.09. The van der Waals surface area contributed by atoms with Crippen LogP contribution in [-0.4, -0.2) is 13.0 Å². The fourth-order valence-electron chi connectivity index (χ4n) is 2.93. The molecule has 3 rings (SSSR count). The van der Waals surface area contributed by atoms with Gasteiger partial charge < -0.3 is 9.64 Å². The van der Waals surface area contributed by atoms with Gasteiger partial charge in [-0.1, -0.05) is 55.1 Å². The summed E-state index contributed by atoms with van der Waals surface area (Å²) >= 11 is 0. The Morgan fingerprint density at radius 2 is 1.78 bits per heavy atom. The van der Waals surface area contributed by atoms with Crippen molar-refractivity contribution in [2.75, 3.05) is 12.0 Å². The number of nitrogens with zero attached hydrogens (tertiary/aromatic N) is 1. The van der Waals surface area contributed by atoms with Crippen LogP contribution in [0.1, 0.15) is 11.6 Å². The molecule has 1 aliphatic heterocycles. The number of para-hydroxylation sites is 1. The predicted octanol–water partition coefficient (Wildman–Crippen LogP) is 4.14. The van der Waals surface area contributed by atoms with Crippen LogP contribution in [0.4, 0.5) is 5.69 Å². The SMILES string of the molecule is C=C/C=C/[C@@H]1C(=O)N(c2ccccc2)[C@H]1c1ccc(OC)cc1. The highest BCUT2D eigenvalue weighted by Gasteiger charge is 2.47. The molecule has 1 amide bonds. The number of β-lactam (4-membered cyclic amide) rings is 1. The van der Waals surface area contributed by atoms with E-state index in [9.17, 15) is 4.79 Å². The summed E-state index contributed by atoms with van der Waals surface area (Å²) in [5.41, 5.74) is 2.01. The van der Waals surface area contributed by atoms with E-state index in [1.165, 1.54) is 0 Å². The van der Waals surface area contributed by atoms with Gasteiger partial charge in [-0.15, -0.1) is 0 Å². The van der Waals surface area contributed by atoms with Gasteiger partial charge in [0.25, 0.3) is 0 Å². The van der Waals surface area contributed by atoms with Crippen molar-refractivity contribution in [2.24, 2.45) is 5.92 Å². The number of hydrogen-bond donors (Lipinski definition) is 0. The highest BCUT2D eigenvalue weighted by Crippen LogP contribution is 2.44. The molecule has 1 saturated heterocycles. The largest absolute Gasteiger partial charge is 0.497 e. The Kier molecular flexibility index (Phi) is 4.29. The minimum Gasteiger partial charge on any atom is -0.497 e. The number of allylic oxidation sites excluding steroid dienone is 2. The summed E-state index contributed by atoms with van der Waals surface area (Å²) in [6.07, 6.45) is 5.45. The monoisotopic (exact) mass is 305 g/mol. The van der Waals surface area contributed by atoms with Crippen LogP contribution >= 0.6 is 0 Å². The lowest BCUT2D eigenvalue weighted by Gasteiger charge is -2.46. The maximum absolute atomic E-state index is 12.6. The molecule has 3 heteroatoms. The summed E-state index contributed by atoms with van der Waals surface area (Å²) < 4.78 is 5.22. The first kappa shape index (κ1) is 15.1. The molecule has 1 heterocycles. The first-order valence-electron chi connectivity index (χ1n) is 7.57. The molecule has 0 bridgehead atoms. The summed E-state index contributed by atoms with van der Waals surface area (Å²) in [7, 11) is 1.65. The van der Waals surface area contributed by atoms with Crippen molar-refractivity contribution >= 4 is 11.6 Å². The normalized spacial score (nSPS) is 20.4. The molecular formula is C20H19NO2. The van der Waals surface area contributed by atoms with Crippen LogP contribution < -0.4 is 9.64 Å². The molecule has 0 N–H and O–H groups in total. The lowest BCUT2D eigenvalue weighted by molar-refractivity contribution is -0.128. The predicted molar refractivity (Wildman–Crippen MR) is 92.5 cm³/mol. The second-order valence-corrected chi connectivity index (χ2v) is 5.41. The summed E-state index contributed by atoms with van der Waals surface area (Å²) in [5.74, 6) is 0.751. The van der Waals surface area contributed by atoms with Gasteiger partial charge >= 0.3 is 0 Å². The smallest absolute Gasteiger partial charge is 0.236 e. The van der Waals surface area contributed by atoms with Gasteiger partial charge in [-0.05, 0) is 29.8 Å². The number of hydrogen-bond acceptors (Lipinski definition) is 2. The molecule has 23 heavy (non-hydrogen) atoms. The van der Waals surface area contributed by atoms with E-state index in [0.29, 0.717) is 0 Å². The van der Waals surface area contributed by atoms with Crippen LogP contribution in [0.15, 0.2) is 79.4 Å². The quantitative estimate of drug-likeness (QED) is 0.614. The Bertz CT molecular complexity index is 719. The third-order valence-corrected chi connectivity index (χ3v) is 4.09. The summed E-state index contributed by atoms with van der Waals surface area (Å²) in [4.78, 5) is 14.4. The van der Waals surface area contributed by atoms with Crippen molar-refractivity contribution in [3.63, 3.8) is 0 Å². The lowest BCUT2D eigenvalue weighted by atomic mass is 9.81. The number of carbonyl (C=O) groups excluding carboxylic acids is 1. The highest BCUT2D eigenvalue weighted by atomic mass is 16.5. The first-order chi connectivity index (χ1) is 11.3. The molecule has 0 radical (unpaired) electrons.